The minimum atomic E-state index is -0.334. The zero-order valence-electron chi connectivity index (χ0n) is 15.2. The average Bonchev–Trinajstić information content (AvgIpc) is 2.70. The van der Waals surface area contributed by atoms with Crippen molar-refractivity contribution in [1.29, 1.82) is 0 Å². The molecule has 0 amide bonds. The lowest BCUT2D eigenvalue weighted by molar-refractivity contribution is 0.354. The van der Waals surface area contributed by atoms with Crippen molar-refractivity contribution >= 4 is 17.5 Å². The number of benzene rings is 2. The number of nitrogens with one attached hydrogen (secondary N) is 2. The minimum Gasteiger partial charge on any atom is -0.493 e. The van der Waals surface area contributed by atoms with Gasteiger partial charge < -0.3 is 20.1 Å². The molecule has 3 rings (SSSR count). The van der Waals surface area contributed by atoms with Gasteiger partial charge in [0.15, 0.2) is 11.5 Å². The summed E-state index contributed by atoms with van der Waals surface area (Å²) < 4.78 is 24.3. The minimum absolute atomic E-state index is 0.334. The first kappa shape index (κ1) is 18.4. The molecule has 0 aliphatic rings. The number of rotatable bonds is 8. The van der Waals surface area contributed by atoms with Gasteiger partial charge in [0.1, 0.15) is 11.6 Å². The first-order valence-electron chi connectivity index (χ1n) is 8.49. The summed E-state index contributed by atoms with van der Waals surface area (Å²) in [6.45, 7) is 0.638. The first-order chi connectivity index (χ1) is 13.2. The number of hydrogen-bond donors (Lipinski definition) is 2. The molecule has 0 bridgehead atoms. The Morgan fingerprint density at radius 1 is 1.00 bits per heavy atom. The normalized spacial score (nSPS) is 10.3. The molecule has 1 aromatic heterocycles. The Balaban J connectivity index is 1.60. The predicted molar refractivity (Wildman–Crippen MR) is 103 cm³/mol. The number of anilines is 3. The largest absolute Gasteiger partial charge is 0.493 e. The molecular weight excluding hydrogens is 347 g/mol. The lowest BCUT2D eigenvalue weighted by Gasteiger charge is -2.11. The molecule has 0 unspecified atom stereocenters. The summed E-state index contributed by atoms with van der Waals surface area (Å²) in [5.74, 6) is 2.05. The fourth-order valence-corrected chi connectivity index (χ4v) is 2.57. The van der Waals surface area contributed by atoms with Crippen LogP contribution in [0.5, 0.6) is 11.5 Å². The molecule has 140 valence electrons. The van der Waals surface area contributed by atoms with Crippen LogP contribution in [0.25, 0.3) is 0 Å². The second-order valence-corrected chi connectivity index (χ2v) is 5.74. The molecule has 0 saturated carbocycles. The third-order valence-corrected chi connectivity index (χ3v) is 3.94. The van der Waals surface area contributed by atoms with Crippen molar-refractivity contribution in [3.05, 3.63) is 66.1 Å². The fraction of sp³-hybridized carbons (Fsp3) is 0.200. The number of para-hydroxylation sites is 1. The molecule has 2 N–H and O–H groups in total. The lowest BCUT2D eigenvalue weighted by atomic mass is 10.1. The maximum absolute atomic E-state index is 13.7. The van der Waals surface area contributed by atoms with Gasteiger partial charge in [0.05, 0.1) is 19.9 Å². The van der Waals surface area contributed by atoms with Crippen LogP contribution in [0.2, 0.25) is 0 Å². The third-order valence-electron chi connectivity index (χ3n) is 3.94. The summed E-state index contributed by atoms with van der Waals surface area (Å²) in [6.07, 6.45) is 2.38. The van der Waals surface area contributed by atoms with Gasteiger partial charge >= 0.3 is 0 Å². The van der Waals surface area contributed by atoms with Crippen molar-refractivity contribution < 1.29 is 13.9 Å². The van der Waals surface area contributed by atoms with Crippen molar-refractivity contribution in [2.24, 2.45) is 0 Å². The first-order valence-corrected chi connectivity index (χ1v) is 8.49. The van der Waals surface area contributed by atoms with E-state index in [1.165, 1.54) is 6.07 Å². The van der Waals surface area contributed by atoms with Gasteiger partial charge in [0.25, 0.3) is 0 Å². The molecule has 2 aromatic carbocycles. The van der Waals surface area contributed by atoms with E-state index in [9.17, 15) is 4.39 Å². The van der Waals surface area contributed by atoms with E-state index in [1.54, 1.807) is 44.7 Å². The SMILES string of the molecule is COc1ccc(CCNc2nccc(Nc3ccccc3F)n2)cc1OC. The van der Waals surface area contributed by atoms with E-state index in [0.29, 0.717) is 35.5 Å². The number of halogens is 1. The maximum Gasteiger partial charge on any atom is 0.224 e. The van der Waals surface area contributed by atoms with E-state index >= 15 is 0 Å². The summed E-state index contributed by atoms with van der Waals surface area (Å²) in [7, 11) is 3.22. The van der Waals surface area contributed by atoms with Crippen LogP contribution in [-0.2, 0) is 6.42 Å². The third kappa shape index (κ3) is 4.84. The molecule has 27 heavy (non-hydrogen) atoms. The molecule has 0 spiro atoms. The Hall–Kier alpha value is -3.35. The molecule has 6 nitrogen and oxygen atoms in total. The highest BCUT2D eigenvalue weighted by atomic mass is 19.1. The lowest BCUT2D eigenvalue weighted by Crippen LogP contribution is -2.09. The highest BCUT2D eigenvalue weighted by molar-refractivity contribution is 5.57. The monoisotopic (exact) mass is 368 g/mol. The average molecular weight is 368 g/mol. The quantitative estimate of drug-likeness (QED) is 0.626. The fourth-order valence-electron chi connectivity index (χ4n) is 2.57. The topological polar surface area (TPSA) is 68.3 Å². The van der Waals surface area contributed by atoms with Crippen molar-refractivity contribution in [3.63, 3.8) is 0 Å². The number of ether oxygens (including phenoxy) is 2. The maximum atomic E-state index is 13.7. The van der Waals surface area contributed by atoms with Crippen LogP contribution in [0, 0.1) is 5.82 Å². The molecule has 3 aromatic rings. The van der Waals surface area contributed by atoms with Crippen LogP contribution < -0.4 is 20.1 Å². The molecule has 0 fully saturated rings. The number of aromatic nitrogens is 2. The summed E-state index contributed by atoms with van der Waals surface area (Å²) in [4.78, 5) is 8.55. The summed E-state index contributed by atoms with van der Waals surface area (Å²) in [5, 5.41) is 6.12. The van der Waals surface area contributed by atoms with E-state index in [2.05, 4.69) is 20.6 Å². The van der Waals surface area contributed by atoms with Gasteiger partial charge in [-0.1, -0.05) is 18.2 Å². The van der Waals surface area contributed by atoms with Crippen LogP contribution in [0.15, 0.2) is 54.7 Å². The highest BCUT2D eigenvalue weighted by Gasteiger charge is 2.06. The molecule has 1 heterocycles. The van der Waals surface area contributed by atoms with Crippen molar-refractivity contribution in [3.8, 4) is 11.5 Å². The second kappa shape index (κ2) is 8.84. The van der Waals surface area contributed by atoms with E-state index in [4.69, 9.17) is 9.47 Å². The Labute approximate surface area is 157 Å². The van der Waals surface area contributed by atoms with Gasteiger partial charge in [0.2, 0.25) is 5.95 Å². The summed E-state index contributed by atoms with van der Waals surface area (Å²) in [6, 6.07) is 13.9. The van der Waals surface area contributed by atoms with Crippen molar-refractivity contribution in [2.75, 3.05) is 31.4 Å². The van der Waals surface area contributed by atoms with Crippen LogP contribution >= 0.6 is 0 Å². The number of nitrogens with zero attached hydrogens (tertiary/aromatic N) is 2. The van der Waals surface area contributed by atoms with Gasteiger partial charge in [-0.2, -0.15) is 4.98 Å². The Morgan fingerprint density at radius 3 is 2.59 bits per heavy atom. The second-order valence-electron chi connectivity index (χ2n) is 5.74. The highest BCUT2D eigenvalue weighted by Crippen LogP contribution is 2.27. The zero-order chi connectivity index (χ0) is 19.1. The van der Waals surface area contributed by atoms with Crippen molar-refractivity contribution in [2.45, 2.75) is 6.42 Å². The van der Waals surface area contributed by atoms with Gasteiger partial charge in [-0.3, -0.25) is 0 Å². The Bertz CT molecular complexity index is 905. The standard InChI is InChI=1S/C20H21FN4O2/c1-26-17-8-7-14(13-18(17)27-2)9-11-22-20-23-12-10-19(25-20)24-16-6-4-3-5-15(16)21/h3-8,10,12-13H,9,11H2,1-2H3,(H2,22,23,24,25). The molecule has 0 aliphatic carbocycles. The summed E-state index contributed by atoms with van der Waals surface area (Å²) >= 11 is 0. The molecule has 0 aliphatic heterocycles. The van der Waals surface area contributed by atoms with Crippen LogP contribution in [0.1, 0.15) is 5.56 Å². The van der Waals surface area contributed by atoms with Crippen LogP contribution in [0.3, 0.4) is 0 Å². The van der Waals surface area contributed by atoms with Crippen LogP contribution in [0.4, 0.5) is 21.8 Å². The van der Waals surface area contributed by atoms with Gasteiger partial charge in [-0.05, 0) is 42.3 Å². The number of methoxy groups -OCH3 is 2. The molecule has 0 saturated heterocycles. The van der Waals surface area contributed by atoms with Crippen LogP contribution in [-0.4, -0.2) is 30.7 Å². The van der Waals surface area contributed by atoms with E-state index in [0.717, 1.165) is 12.0 Å². The summed E-state index contributed by atoms with van der Waals surface area (Å²) in [5.41, 5.74) is 1.47. The Morgan fingerprint density at radius 2 is 1.81 bits per heavy atom. The smallest absolute Gasteiger partial charge is 0.224 e. The number of hydrogen-bond acceptors (Lipinski definition) is 6. The molecular formula is C20H21FN4O2. The van der Waals surface area contributed by atoms with E-state index in [1.807, 2.05) is 18.2 Å². The van der Waals surface area contributed by atoms with E-state index in [-0.39, 0.29) is 5.82 Å². The van der Waals surface area contributed by atoms with Gasteiger partial charge in [0, 0.05) is 12.7 Å². The molecule has 0 radical (unpaired) electrons. The van der Waals surface area contributed by atoms with Crippen molar-refractivity contribution in [1.82, 2.24) is 9.97 Å². The predicted octanol–water partition coefficient (Wildman–Crippen LogP) is 4.03. The molecule has 0 atom stereocenters. The van der Waals surface area contributed by atoms with Gasteiger partial charge in [-0.25, -0.2) is 9.37 Å². The molecule has 7 heteroatoms. The van der Waals surface area contributed by atoms with E-state index < -0.39 is 0 Å². The Kier molecular flexibility index (Phi) is 6.04. The van der Waals surface area contributed by atoms with Gasteiger partial charge in [-0.15, -0.1) is 0 Å². The zero-order valence-corrected chi connectivity index (χ0v) is 15.2.